The minimum atomic E-state index is -3.41. The summed E-state index contributed by atoms with van der Waals surface area (Å²) in [6.07, 6.45) is 2.62. The van der Waals surface area contributed by atoms with Gasteiger partial charge in [-0.25, -0.2) is 8.42 Å². The van der Waals surface area contributed by atoms with Gasteiger partial charge in [0, 0.05) is 6.04 Å². The maximum atomic E-state index is 11.4. The van der Waals surface area contributed by atoms with Gasteiger partial charge in [-0.05, 0) is 19.8 Å². The number of ketones is 1. The van der Waals surface area contributed by atoms with Crippen LogP contribution in [0.25, 0.3) is 0 Å². The molecule has 0 amide bonds. The SMILES string of the molecule is CC(=O)C(CO)N(C1CC1)S(C)(=O)=O. The fraction of sp³-hybridized carbons (Fsp3) is 0.875. The fourth-order valence-corrected chi connectivity index (χ4v) is 2.90. The topological polar surface area (TPSA) is 74.7 Å². The minimum absolute atomic E-state index is 0.0916. The average Bonchev–Trinajstić information content (AvgIpc) is 2.79. The second kappa shape index (κ2) is 3.96. The second-order valence-corrected chi connectivity index (χ2v) is 5.52. The highest BCUT2D eigenvalue weighted by Crippen LogP contribution is 2.30. The predicted octanol–water partition coefficient (Wildman–Crippen LogP) is -0.640. The van der Waals surface area contributed by atoms with E-state index in [1.807, 2.05) is 0 Å². The molecule has 0 aromatic carbocycles. The van der Waals surface area contributed by atoms with Crippen molar-refractivity contribution in [2.24, 2.45) is 0 Å². The first-order chi connectivity index (χ1) is 6.38. The summed E-state index contributed by atoms with van der Waals surface area (Å²) in [6, 6.07) is -0.997. The summed E-state index contributed by atoms with van der Waals surface area (Å²) in [5.41, 5.74) is 0. The van der Waals surface area contributed by atoms with Gasteiger partial charge >= 0.3 is 0 Å². The lowest BCUT2D eigenvalue weighted by molar-refractivity contribution is -0.121. The van der Waals surface area contributed by atoms with Crippen LogP contribution in [0.1, 0.15) is 19.8 Å². The van der Waals surface area contributed by atoms with Crippen LogP contribution in [0, 0.1) is 0 Å². The van der Waals surface area contributed by atoms with Gasteiger partial charge < -0.3 is 5.11 Å². The van der Waals surface area contributed by atoms with E-state index in [0.717, 1.165) is 23.4 Å². The van der Waals surface area contributed by atoms with Crippen LogP contribution in [-0.4, -0.2) is 48.6 Å². The molecule has 1 unspecified atom stereocenters. The molecule has 1 saturated carbocycles. The molecule has 1 fully saturated rings. The number of rotatable bonds is 5. The molecule has 6 heteroatoms. The first kappa shape index (κ1) is 11.6. The van der Waals surface area contributed by atoms with Gasteiger partial charge in [0.25, 0.3) is 0 Å². The standard InChI is InChI=1S/C8H15NO4S/c1-6(11)8(5-10)9(7-3-4-7)14(2,12)13/h7-8,10H,3-5H2,1-2H3. The van der Waals surface area contributed by atoms with Crippen molar-refractivity contribution < 1.29 is 18.3 Å². The Hall–Kier alpha value is -0.460. The van der Waals surface area contributed by atoms with Gasteiger partial charge in [0.1, 0.15) is 11.8 Å². The molecule has 0 bridgehead atoms. The van der Waals surface area contributed by atoms with E-state index in [4.69, 9.17) is 5.11 Å². The van der Waals surface area contributed by atoms with Crippen molar-refractivity contribution in [2.45, 2.75) is 31.8 Å². The summed E-state index contributed by atoms with van der Waals surface area (Å²) >= 11 is 0. The maximum absolute atomic E-state index is 11.4. The Kier molecular flexibility index (Phi) is 3.28. The van der Waals surface area contributed by atoms with Crippen molar-refractivity contribution in [2.75, 3.05) is 12.9 Å². The number of sulfonamides is 1. The maximum Gasteiger partial charge on any atom is 0.212 e. The van der Waals surface area contributed by atoms with Crippen LogP contribution in [0.5, 0.6) is 0 Å². The van der Waals surface area contributed by atoms with Gasteiger partial charge in [0.15, 0.2) is 0 Å². The Balaban J connectivity index is 2.91. The lowest BCUT2D eigenvalue weighted by Gasteiger charge is -2.26. The Morgan fingerprint density at radius 1 is 1.57 bits per heavy atom. The van der Waals surface area contributed by atoms with Crippen molar-refractivity contribution in [3.8, 4) is 0 Å². The first-order valence-electron chi connectivity index (χ1n) is 4.47. The molecule has 0 spiro atoms. The molecular weight excluding hydrogens is 206 g/mol. The van der Waals surface area contributed by atoms with Gasteiger partial charge in [-0.1, -0.05) is 0 Å². The van der Waals surface area contributed by atoms with Crippen LogP contribution < -0.4 is 0 Å². The highest BCUT2D eigenvalue weighted by atomic mass is 32.2. The number of hydrogen-bond donors (Lipinski definition) is 1. The second-order valence-electron chi connectivity index (χ2n) is 3.63. The van der Waals surface area contributed by atoms with Crippen LogP contribution in [0.3, 0.4) is 0 Å². The molecule has 1 aliphatic rings. The van der Waals surface area contributed by atoms with Crippen molar-refractivity contribution >= 4 is 15.8 Å². The molecule has 14 heavy (non-hydrogen) atoms. The molecular formula is C8H15NO4S. The summed E-state index contributed by atoms with van der Waals surface area (Å²) in [7, 11) is -3.41. The number of carbonyl (C=O) groups is 1. The Labute approximate surface area is 83.8 Å². The molecule has 1 aliphatic carbocycles. The van der Waals surface area contributed by atoms with Gasteiger partial charge in [-0.2, -0.15) is 4.31 Å². The number of hydrogen-bond acceptors (Lipinski definition) is 4. The first-order valence-corrected chi connectivity index (χ1v) is 6.32. The lowest BCUT2D eigenvalue weighted by atomic mass is 10.2. The third-order valence-corrected chi connectivity index (χ3v) is 3.56. The molecule has 1 rings (SSSR count). The van der Waals surface area contributed by atoms with Crippen LogP contribution >= 0.6 is 0 Å². The molecule has 0 aromatic rings. The third kappa shape index (κ3) is 2.52. The van der Waals surface area contributed by atoms with Crippen molar-refractivity contribution in [1.29, 1.82) is 0 Å². The van der Waals surface area contributed by atoms with Crippen molar-refractivity contribution in [1.82, 2.24) is 4.31 Å². The van der Waals surface area contributed by atoms with E-state index in [1.165, 1.54) is 6.92 Å². The van der Waals surface area contributed by atoms with Crippen LogP contribution in [-0.2, 0) is 14.8 Å². The molecule has 0 saturated heterocycles. The zero-order valence-corrected chi connectivity index (χ0v) is 9.12. The Morgan fingerprint density at radius 2 is 2.07 bits per heavy atom. The third-order valence-electron chi connectivity index (χ3n) is 2.24. The quantitative estimate of drug-likeness (QED) is 0.670. The highest BCUT2D eigenvalue weighted by molar-refractivity contribution is 7.88. The van der Waals surface area contributed by atoms with Gasteiger partial charge in [0.05, 0.1) is 12.9 Å². The number of aliphatic hydroxyl groups is 1. The summed E-state index contributed by atoms with van der Waals surface area (Å²) in [5, 5.41) is 8.98. The van der Waals surface area contributed by atoms with Crippen LogP contribution in [0.4, 0.5) is 0 Å². The average molecular weight is 221 g/mol. The Morgan fingerprint density at radius 3 is 2.29 bits per heavy atom. The van der Waals surface area contributed by atoms with Crippen molar-refractivity contribution in [3.63, 3.8) is 0 Å². The molecule has 0 aliphatic heterocycles. The monoisotopic (exact) mass is 221 g/mol. The minimum Gasteiger partial charge on any atom is -0.394 e. The fourth-order valence-electron chi connectivity index (χ4n) is 1.47. The number of aliphatic hydroxyl groups excluding tert-OH is 1. The number of carbonyl (C=O) groups excluding carboxylic acids is 1. The van der Waals surface area contributed by atoms with Crippen LogP contribution in [0.2, 0.25) is 0 Å². The molecule has 1 N–H and O–H groups in total. The largest absolute Gasteiger partial charge is 0.394 e. The van der Waals surface area contributed by atoms with E-state index < -0.39 is 22.7 Å². The normalized spacial score (nSPS) is 19.7. The Bertz CT molecular complexity index is 320. The summed E-state index contributed by atoms with van der Waals surface area (Å²) in [6.45, 7) is 0.848. The molecule has 1 atom stereocenters. The zero-order valence-electron chi connectivity index (χ0n) is 8.30. The molecule has 5 nitrogen and oxygen atoms in total. The number of nitrogens with zero attached hydrogens (tertiary/aromatic N) is 1. The molecule has 0 heterocycles. The summed E-state index contributed by atoms with van der Waals surface area (Å²) < 4.78 is 23.9. The summed E-state index contributed by atoms with van der Waals surface area (Å²) in [5.74, 6) is -0.315. The smallest absolute Gasteiger partial charge is 0.212 e. The lowest BCUT2D eigenvalue weighted by Crippen LogP contribution is -2.47. The van der Waals surface area contributed by atoms with E-state index in [9.17, 15) is 13.2 Å². The summed E-state index contributed by atoms with van der Waals surface area (Å²) in [4.78, 5) is 11.1. The predicted molar refractivity (Wildman–Crippen MR) is 51.3 cm³/mol. The van der Waals surface area contributed by atoms with E-state index in [-0.39, 0.29) is 11.8 Å². The van der Waals surface area contributed by atoms with Crippen molar-refractivity contribution in [3.05, 3.63) is 0 Å². The molecule has 0 radical (unpaired) electrons. The molecule has 82 valence electrons. The van der Waals surface area contributed by atoms with Gasteiger partial charge in [-0.3, -0.25) is 4.79 Å². The number of Topliss-reactive ketones (excluding diaryl/α,β-unsaturated/α-hetero) is 1. The van der Waals surface area contributed by atoms with Crippen LogP contribution in [0.15, 0.2) is 0 Å². The van der Waals surface area contributed by atoms with E-state index >= 15 is 0 Å². The molecule has 0 aromatic heterocycles. The van der Waals surface area contributed by atoms with E-state index in [0.29, 0.717) is 0 Å². The van der Waals surface area contributed by atoms with E-state index in [1.54, 1.807) is 0 Å². The van der Waals surface area contributed by atoms with E-state index in [2.05, 4.69) is 0 Å². The highest BCUT2D eigenvalue weighted by Gasteiger charge is 2.41. The van der Waals surface area contributed by atoms with Gasteiger partial charge in [0.2, 0.25) is 10.0 Å². The van der Waals surface area contributed by atoms with Gasteiger partial charge in [-0.15, -0.1) is 0 Å². The zero-order chi connectivity index (χ0) is 10.9.